The minimum absolute atomic E-state index is 0.0832. The molecule has 1 unspecified atom stereocenters. The number of benzene rings is 2. The number of rotatable bonds is 4. The van der Waals surface area contributed by atoms with Crippen molar-refractivity contribution >= 4 is 17.7 Å². The Morgan fingerprint density at radius 1 is 0.935 bits per heavy atom. The molecule has 11 nitrogen and oxygen atoms in total. The number of carbonyl (C=O) groups excluding carboxylic acids is 3. The Bertz CT molecular complexity index is 1660. The van der Waals surface area contributed by atoms with E-state index in [1.807, 2.05) is 36.4 Å². The van der Waals surface area contributed by atoms with Gasteiger partial charge in [-0.3, -0.25) is 14.4 Å². The van der Waals surface area contributed by atoms with Gasteiger partial charge in [-0.1, -0.05) is 6.07 Å². The van der Waals surface area contributed by atoms with Gasteiger partial charge in [0.05, 0.1) is 34.0 Å². The summed E-state index contributed by atoms with van der Waals surface area (Å²) in [6.45, 7) is 1.10. The van der Waals surface area contributed by atoms with E-state index in [2.05, 4.69) is 15.6 Å². The lowest BCUT2D eigenvalue weighted by molar-refractivity contribution is -0.123. The van der Waals surface area contributed by atoms with E-state index in [0.29, 0.717) is 42.3 Å². The number of pyridine rings is 1. The van der Waals surface area contributed by atoms with Gasteiger partial charge in [0.25, 0.3) is 5.91 Å². The molecule has 46 heavy (non-hydrogen) atoms. The largest absolute Gasteiger partial charge is 0.493 e. The molecule has 2 N–H and O–H groups in total. The van der Waals surface area contributed by atoms with E-state index in [-0.39, 0.29) is 62.1 Å². The number of hydrogen-bond acceptors (Lipinski definition) is 8. The molecule has 1 aromatic heterocycles. The number of hydrogen-bond donors (Lipinski definition) is 2. The average molecular weight is 629 g/mol. The average Bonchev–Trinajstić information content (AvgIpc) is 3.54. The lowest BCUT2D eigenvalue weighted by atomic mass is 9.93. The highest BCUT2D eigenvalue weighted by Crippen LogP contribution is 2.42. The second kappa shape index (κ2) is 13.7. The SMILES string of the molecule is COc1cc2cc(c1OC)-c1ccc3c(c1)C(CCO3)NC(=O)CCN(C(=O)c1cc3c(nc1OC)CCC3)CCNC(=O)CC2. The van der Waals surface area contributed by atoms with E-state index in [0.717, 1.165) is 52.8 Å². The van der Waals surface area contributed by atoms with Gasteiger partial charge in [-0.15, -0.1) is 0 Å². The Morgan fingerprint density at radius 3 is 2.61 bits per heavy atom. The van der Waals surface area contributed by atoms with E-state index in [9.17, 15) is 14.4 Å². The molecule has 0 radical (unpaired) electrons. The van der Waals surface area contributed by atoms with Crippen molar-refractivity contribution in [1.29, 1.82) is 0 Å². The van der Waals surface area contributed by atoms with Crippen molar-refractivity contribution in [1.82, 2.24) is 20.5 Å². The second-order valence-electron chi connectivity index (χ2n) is 11.8. The molecule has 0 saturated heterocycles. The molecule has 242 valence electrons. The van der Waals surface area contributed by atoms with Gasteiger partial charge < -0.3 is 34.5 Å². The molecule has 2 aliphatic heterocycles. The number of carbonyl (C=O) groups is 3. The molecule has 3 aromatic rings. The fourth-order valence-electron chi connectivity index (χ4n) is 6.52. The zero-order chi connectivity index (χ0) is 32.2. The molecule has 3 heterocycles. The third-order valence-corrected chi connectivity index (χ3v) is 8.91. The van der Waals surface area contributed by atoms with Crippen molar-refractivity contribution in [3.63, 3.8) is 0 Å². The molecule has 0 spiro atoms. The highest BCUT2D eigenvalue weighted by Gasteiger charge is 2.28. The molecule has 11 heteroatoms. The van der Waals surface area contributed by atoms with Crippen LogP contribution in [0.4, 0.5) is 0 Å². The Morgan fingerprint density at radius 2 is 1.80 bits per heavy atom. The molecular weight excluding hydrogens is 588 g/mol. The summed E-state index contributed by atoms with van der Waals surface area (Å²) in [7, 11) is 4.69. The zero-order valence-corrected chi connectivity index (χ0v) is 26.6. The summed E-state index contributed by atoms with van der Waals surface area (Å²) in [6.07, 6.45) is 4.12. The number of ether oxygens (including phenoxy) is 4. The van der Waals surface area contributed by atoms with E-state index in [1.165, 1.54) is 7.11 Å². The number of nitrogens with one attached hydrogen (secondary N) is 2. The van der Waals surface area contributed by atoms with Crippen molar-refractivity contribution in [3.8, 4) is 34.3 Å². The van der Waals surface area contributed by atoms with Crippen molar-refractivity contribution in [2.45, 2.75) is 51.0 Å². The van der Waals surface area contributed by atoms with Crippen LogP contribution in [0.2, 0.25) is 0 Å². The van der Waals surface area contributed by atoms with E-state index < -0.39 is 0 Å². The minimum atomic E-state index is -0.283. The van der Waals surface area contributed by atoms with E-state index in [4.69, 9.17) is 18.9 Å². The molecule has 0 fully saturated rings. The van der Waals surface area contributed by atoms with Crippen molar-refractivity contribution in [2.24, 2.45) is 0 Å². The van der Waals surface area contributed by atoms with Gasteiger partial charge in [0.1, 0.15) is 11.3 Å². The molecule has 3 aliphatic rings. The van der Waals surface area contributed by atoms with Crippen LogP contribution in [0.15, 0.2) is 36.4 Å². The maximum atomic E-state index is 13.9. The van der Waals surface area contributed by atoms with Crippen LogP contribution in [0.3, 0.4) is 0 Å². The highest BCUT2D eigenvalue weighted by atomic mass is 16.5. The first-order valence-corrected chi connectivity index (χ1v) is 15.8. The van der Waals surface area contributed by atoms with Gasteiger partial charge in [0.15, 0.2) is 11.5 Å². The Kier molecular flexibility index (Phi) is 9.28. The highest BCUT2D eigenvalue weighted by molar-refractivity contribution is 5.97. The van der Waals surface area contributed by atoms with Crippen LogP contribution in [0.5, 0.6) is 23.1 Å². The van der Waals surface area contributed by atoms with Crippen LogP contribution in [0.1, 0.15) is 64.5 Å². The number of aromatic nitrogens is 1. The molecule has 1 atom stereocenters. The van der Waals surface area contributed by atoms with Crippen LogP contribution in [0, 0.1) is 0 Å². The molecule has 3 amide bonds. The summed E-state index contributed by atoms with van der Waals surface area (Å²) in [5.41, 5.74) is 5.85. The van der Waals surface area contributed by atoms with Crippen LogP contribution in [0.25, 0.3) is 11.1 Å². The first kappa shape index (κ1) is 31.2. The number of methoxy groups -OCH3 is 3. The number of amides is 3. The van der Waals surface area contributed by atoms with Gasteiger partial charge in [0, 0.05) is 55.7 Å². The van der Waals surface area contributed by atoms with Gasteiger partial charge in [-0.25, -0.2) is 4.98 Å². The Hall–Kier alpha value is -4.80. The van der Waals surface area contributed by atoms with Crippen molar-refractivity contribution < 1.29 is 33.3 Å². The van der Waals surface area contributed by atoms with Crippen molar-refractivity contribution in [3.05, 3.63) is 64.3 Å². The lowest BCUT2D eigenvalue weighted by Gasteiger charge is -2.28. The Balaban J connectivity index is 1.32. The third-order valence-electron chi connectivity index (χ3n) is 8.91. The van der Waals surface area contributed by atoms with E-state index >= 15 is 0 Å². The molecule has 1 aliphatic carbocycles. The molecule has 0 saturated carbocycles. The fraction of sp³-hybridized carbons (Fsp3) is 0.429. The minimum Gasteiger partial charge on any atom is -0.493 e. The fourth-order valence-corrected chi connectivity index (χ4v) is 6.52. The summed E-state index contributed by atoms with van der Waals surface area (Å²) >= 11 is 0. The monoisotopic (exact) mass is 628 g/mol. The zero-order valence-electron chi connectivity index (χ0n) is 26.6. The first-order valence-electron chi connectivity index (χ1n) is 15.8. The third kappa shape index (κ3) is 6.45. The normalized spacial score (nSPS) is 18.2. The summed E-state index contributed by atoms with van der Waals surface area (Å²) in [5.74, 6) is 1.52. The quantitative estimate of drug-likeness (QED) is 0.447. The molecule has 4 bridgehead atoms. The number of nitrogens with zero attached hydrogens (tertiary/aromatic N) is 2. The summed E-state index contributed by atoms with van der Waals surface area (Å²) in [4.78, 5) is 46.5. The lowest BCUT2D eigenvalue weighted by Crippen LogP contribution is -2.41. The first-order chi connectivity index (χ1) is 22.4. The van der Waals surface area contributed by atoms with Crippen LogP contribution >= 0.6 is 0 Å². The molecule has 6 rings (SSSR count). The maximum absolute atomic E-state index is 13.9. The van der Waals surface area contributed by atoms with E-state index in [1.54, 1.807) is 19.1 Å². The number of fused-ring (bicyclic) bond motifs is 5. The topological polar surface area (TPSA) is 128 Å². The predicted octanol–water partition coefficient (Wildman–Crippen LogP) is 3.80. The Labute approximate surface area is 268 Å². The molecular formula is C35H40N4O7. The van der Waals surface area contributed by atoms with Crippen molar-refractivity contribution in [2.75, 3.05) is 47.6 Å². The maximum Gasteiger partial charge on any atom is 0.259 e. The standard InChI is InChI=1S/C35H40N4O7/c1-43-30-18-21-7-10-31(40)36-13-15-39(35(42)26-20-23-5-4-6-27(23)38-34(26)45-3)14-11-32(41)37-28-12-16-46-29-9-8-22(19-25(28)29)24(17-21)33(30)44-2/h8-9,17-20,28H,4-7,10-16H2,1-3H3,(H,36,40)(H,37,41). The van der Waals surface area contributed by atoms with Gasteiger partial charge >= 0.3 is 0 Å². The van der Waals surface area contributed by atoms with Crippen LogP contribution in [-0.2, 0) is 28.9 Å². The predicted molar refractivity (Wildman–Crippen MR) is 171 cm³/mol. The van der Waals surface area contributed by atoms with Crippen LogP contribution in [-0.4, -0.2) is 75.2 Å². The van der Waals surface area contributed by atoms with Gasteiger partial charge in [-0.05, 0) is 72.7 Å². The smallest absolute Gasteiger partial charge is 0.259 e. The molecule has 2 aromatic carbocycles. The van der Waals surface area contributed by atoms with Gasteiger partial charge in [-0.2, -0.15) is 0 Å². The summed E-state index contributed by atoms with van der Waals surface area (Å²) in [6, 6.07) is 11.4. The number of aryl methyl sites for hydroxylation is 3. The second-order valence-corrected chi connectivity index (χ2v) is 11.8. The summed E-state index contributed by atoms with van der Waals surface area (Å²) < 4.78 is 22.9. The van der Waals surface area contributed by atoms with Crippen LogP contribution < -0.4 is 29.6 Å². The van der Waals surface area contributed by atoms with Gasteiger partial charge in [0.2, 0.25) is 17.7 Å². The summed E-state index contributed by atoms with van der Waals surface area (Å²) in [5, 5.41) is 6.12.